The largest absolute Gasteiger partial charge is 0.313 e. The highest BCUT2D eigenvalue weighted by Crippen LogP contribution is 2.10. The molecule has 1 aliphatic heterocycles. The molecule has 1 aliphatic rings. The Morgan fingerprint density at radius 3 is 3.12 bits per heavy atom. The smallest absolute Gasteiger partial charge is 0.0501 e. The van der Waals surface area contributed by atoms with Crippen molar-refractivity contribution in [3.63, 3.8) is 0 Å². The van der Waals surface area contributed by atoms with Gasteiger partial charge in [-0.3, -0.25) is 9.19 Å². The van der Waals surface area contributed by atoms with Crippen molar-refractivity contribution in [3.05, 3.63) is 30.1 Å². The highest BCUT2D eigenvalue weighted by Gasteiger charge is 2.15. The summed E-state index contributed by atoms with van der Waals surface area (Å²) in [6.45, 7) is 1.08. The second-order valence-electron chi connectivity index (χ2n) is 4.26. The first-order chi connectivity index (χ1) is 7.84. The predicted octanol–water partition coefficient (Wildman–Crippen LogP) is 1.47. The zero-order chi connectivity index (χ0) is 11.2. The first-order valence-corrected chi connectivity index (χ1v) is 7.30. The average molecular weight is 238 g/mol. The normalized spacial score (nSPS) is 22.9. The number of piperidine rings is 1. The Kier molecular flexibility index (Phi) is 4.48. The highest BCUT2D eigenvalue weighted by molar-refractivity contribution is 7.84. The molecule has 1 saturated heterocycles. The molecule has 3 nitrogen and oxygen atoms in total. The van der Waals surface area contributed by atoms with Gasteiger partial charge in [0, 0.05) is 35.0 Å². The van der Waals surface area contributed by atoms with Gasteiger partial charge in [-0.05, 0) is 31.0 Å². The van der Waals surface area contributed by atoms with E-state index in [1.54, 1.807) is 12.4 Å². The van der Waals surface area contributed by atoms with Crippen LogP contribution in [0.2, 0.25) is 0 Å². The van der Waals surface area contributed by atoms with E-state index in [1.807, 2.05) is 12.1 Å². The van der Waals surface area contributed by atoms with Crippen LogP contribution in [0.5, 0.6) is 0 Å². The van der Waals surface area contributed by atoms with Crippen LogP contribution in [-0.2, 0) is 16.6 Å². The van der Waals surface area contributed by atoms with Crippen LogP contribution >= 0.6 is 0 Å². The third-order valence-corrected chi connectivity index (χ3v) is 4.28. The minimum atomic E-state index is -0.771. The molecule has 1 fully saturated rings. The Morgan fingerprint density at radius 1 is 1.50 bits per heavy atom. The van der Waals surface area contributed by atoms with Gasteiger partial charge >= 0.3 is 0 Å². The minimum Gasteiger partial charge on any atom is -0.313 e. The molecule has 2 atom stereocenters. The monoisotopic (exact) mass is 238 g/mol. The van der Waals surface area contributed by atoms with Gasteiger partial charge in [-0.25, -0.2) is 0 Å². The fourth-order valence-electron chi connectivity index (χ4n) is 2.02. The Hall–Kier alpha value is -0.740. The molecule has 1 N–H and O–H groups in total. The molecular formula is C12H18N2OS. The summed E-state index contributed by atoms with van der Waals surface area (Å²) in [5, 5.41) is 3.43. The summed E-state index contributed by atoms with van der Waals surface area (Å²) in [6, 6.07) is 4.33. The number of hydrogen-bond acceptors (Lipinski definition) is 3. The summed E-state index contributed by atoms with van der Waals surface area (Å²) in [7, 11) is -0.771. The van der Waals surface area contributed by atoms with Crippen molar-refractivity contribution in [1.29, 1.82) is 0 Å². The van der Waals surface area contributed by atoms with E-state index in [4.69, 9.17) is 0 Å². The lowest BCUT2D eigenvalue weighted by Crippen LogP contribution is -2.38. The fourth-order valence-corrected chi connectivity index (χ4v) is 3.41. The third-order valence-electron chi connectivity index (χ3n) is 2.85. The lowest BCUT2D eigenvalue weighted by atomic mass is 10.1. The maximum Gasteiger partial charge on any atom is 0.0501 e. The number of nitrogens with zero attached hydrogens (tertiary/aromatic N) is 1. The Labute approximate surface area is 99.1 Å². The van der Waals surface area contributed by atoms with E-state index in [9.17, 15) is 4.21 Å². The molecule has 16 heavy (non-hydrogen) atoms. The molecule has 0 amide bonds. The lowest BCUT2D eigenvalue weighted by Gasteiger charge is -2.22. The van der Waals surface area contributed by atoms with E-state index < -0.39 is 10.8 Å². The van der Waals surface area contributed by atoms with Gasteiger partial charge in [0.15, 0.2) is 0 Å². The molecule has 2 heterocycles. The zero-order valence-electron chi connectivity index (χ0n) is 9.39. The Bertz CT molecular complexity index is 336. The molecule has 2 unspecified atom stereocenters. The minimum absolute atomic E-state index is 0.450. The number of pyridine rings is 1. The summed E-state index contributed by atoms with van der Waals surface area (Å²) in [5.41, 5.74) is 1.07. The Morgan fingerprint density at radius 2 is 2.44 bits per heavy atom. The van der Waals surface area contributed by atoms with Crippen LogP contribution in [0.4, 0.5) is 0 Å². The van der Waals surface area contributed by atoms with Crippen molar-refractivity contribution >= 4 is 10.8 Å². The molecule has 0 aliphatic carbocycles. The highest BCUT2D eigenvalue weighted by atomic mass is 32.2. The molecule has 88 valence electrons. The standard InChI is InChI=1S/C12H18N2OS/c15-16(9-11-4-3-6-13-8-11)10-12-5-1-2-7-14-12/h3-4,6,8,12,14H,1-2,5,7,9-10H2. The van der Waals surface area contributed by atoms with Crippen molar-refractivity contribution < 1.29 is 4.21 Å². The Balaban J connectivity index is 1.80. The average Bonchev–Trinajstić information content (AvgIpc) is 2.31. The van der Waals surface area contributed by atoms with Gasteiger partial charge in [0.1, 0.15) is 0 Å². The van der Waals surface area contributed by atoms with Crippen molar-refractivity contribution in [3.8, 4) is 0 Å². The van der Waals surface area contributed by atoms with Gasteiger partial charge in [0.25, 0.3) is 0 Å². The maximum atomic E-state index is 11.9. The molecule has 1 aromatic heterocycles. The van der Waals surface area contributed by atoms with Crippen LogP contribution in [-0.4, -0.2) is 27.5 Å². The molecule has 0 radical (unpaired) electrons. The number of rotatable bonds is 4. The van der Waals surface area contributed by atoms with Crippen molar-refractivity contribution in [2.24, 2.45) is 0 Å². The summed E-state index contributed by atoms with van der Waals surface area (Å²) < 4.78 is 11.9. The van der Waals surface area contributed by atoms with E-state index in [0.717, 1.165) is 17.9 Å². The second kappa shape index (κ2) is 6.11. The first kappa shape index (κ1) is 11.7. The molecule has 0 saturated carbocycles. The van der Waals surface area contributed by atoms with Crippen LogP contribution in [0.15, 0.2) is 24.5 Å². The maximum absolute atomic E-state index is 11.9. The first-order valence-electron chi connectivity index (χ1n) is 5.82. The van der Waals surface area contributed by atoms with E-state index in [1.165, 1.54) is 19.3 Å². The second-order valence-corrected chi connectivity index (χ2v) is 5.76. The van der Waals surface area contributed by atoms with Gasteiger partial charge in [0.2, 0.25) is 0 Å². The molecule has 0 aromatic carbocycles. The van der Waals surface area contributed by atoms with Gasteiger partial charge in [-0.1, -0.05) is 12.5 Å². The van der Waals surface area contributed by atoms with Crippen LogP contribution in [0, 0.1) is 0 Å². The summed E-state index contributed by atoms with van der Waals surface area (Å²) in [5.74, 6) is 1.40. The number of nitrogens with one attached hydrogen (secondary N) is 1. The van der Waals surface area contributed by atoms with Gasteiger partial charge < -0.3 is 5.32 Å². The molecule has 0 spiro atoms. The van der Waals surface area contributed by atoms with E-state index in [-0.39, 0.29) is 0 Å². The van der Waals surface area contributed by atoms with Crippen LogP contribution in [0.25, 0.3) is 0 Å². The summed E-state index contributed by atoms with van der Waals surface area (Å²) in [6.07, 6.45) is 7.23. The third kappa shape index (κ3) is 3.68. The van der Waals surface area contributed by atoms with Crippen molar-refractivity contribution in [2.45, 2.75) is 31.1 Å². The topological polar surface area (TPSA) is 42.0 Å². The van der Waals surface area contributed by atoms with Crippen LogP contribution in [0.3, 0.4) is 0 Å². The summed E-state index contributed by atoms with van der Waals surface area (Å²) >= 11 is 0. The molecule has 2 rings (SSSR count). The van der Waals surface area contributed by atoms with Crippen LogP contribution < -0.4 is 5.32 Å². The van der Waals surface area contributed by atoms with Gasteiger partial charge in [-0.2, -0.15) is 0 Å². The summed E-state index contributed by atoms with van der Waals surface area (Å²) in [4.78, 5) is 4.03. The van der Waals surface area contributed by atoms with E-state index in [2.05, 4.69) is 10.3 Å². The molecule has 1 aromatic rings. The quantitative estimate of drug-likeness (QED) is 0.864. The number of aromatic nitrogens is 1. The van der Waals surface area contributed by atoms with Crippen molar-refractivity contribution in [1.82, 2.24) is 10.3 Å². The van der Waals surface area contributed by atoms with Gasteiger partial charge in [0.05, 0.1) is 5.75 Å². The van der Waals surface area contributed by atoms with Gasteiger partial charge in [-0.15, -0.1) is 0 Å². The molecular weight excluding hydrogens is 220 g/mol. The SMILES string of the molecule is O=S(Cc1cccnc1)CC1CCCCN1. The predicted molar refractivity (Wildman–Crippen MR) is 66.6 cm³/mol. The van der Waals surface area contributed by atoms with E-state index in [0.29, 0.717) is 11.8 Å². The van der Waals surface area contributed by atoms with Crippen LogP contribution in [0.1, 0.15) is 24.8 Å². The number of hydrogen-bond donors (Lipinski definition) is 1. The van der Waals surface area contributed by atoms with E-state index >= 15 is 0 Å². The lowest BCUT2D eigenvalue weighted by molar-refractivity contribution is 0.427. The molecule has 4 heteroatoms. The molecule has 0 bridgehead atoms. The zero-order valence-corrected chi connectivity index (χ0v) is 10.2. The fraction of sp³-hybridized carbons (Fsp3) is 0.583. The van der Waals surface area contributed by atoms with Crippen molar-refractivity contribution in [2.75, 3.05) is 12.3 Å².